The minimum absolute atomic E-state index is 1.05. The van der Waals surface area contributed by atoms with Gasteiger partial charge in [-0.1, -0.05) is 0 Å². The van der Waals surface area contributed by atoms with Gasteiger partial charge in [0.15, 0.2) is 0 Å². The summed E-state index contributed by atoms with van der Waals surface area (Å²) < 4.78 is 0. The molecule has 20 heavy (non-hydrogen) atoms. The van der Waals surface area contributed by atoms with Crippen molar-refractivity contribution in [2.24, 2.45) is 0 Å². The first-order valence-electron chi connectivity index (χ1n) is 7.92. The summed E-state index contributed by atoms with van der Waals surface area (Å²) in [5, 5.41) is 16.5. The van der Waals surface area contributed by atoms with E-state index in [2.05, 4.69) is 31.5 Å². The molecule has 122 valence electrons. The minimum Gasteiger partial charge on any atom is -0.320 e. The molecule has 0 aliphatic carbocycles. The van der Waals surface area contributed by atoms with Gasteiger partial charge in [0.2, 0.25) is 0 Å². The van der Waals surface area contributed by atoms with E-state index in [1.54, 1.807) is 0 Å². The van der Waals surface area contributed by atoms with Crippen LogP contribution in [0, 0.1) is 0 Å². The lowest BCUT2D eigenvalue weighted by atomic mass is 10.4. The Morgan fingerprint density at radius 2 is 1.05 bits per heavy atom. The number of likely N-dealkylation sites (N-methyl/N-ethyl adjacent to an activating group) is 2. The van der Waals surface area contributed by atoms with Gasteiger partial charge in [0, 0.05) is 52.4 Å². The summed E-state index contributed by atoms with van der Waals surface area (Å²) in [5.74, 6) is 0. The molecule has 0 unspecified atom stereocenters. The average Bonchev–Trinajstić information content (AvgIpc) is 2.47. The highest BCUT2D eigenvalue weighted by atomic mass is 15.2. The quantitative estimate of drug-likeness (QED) is 0.223. The Bertz CT molecular complexity index is 171. The number of hydrogen-bond acceptors (Lipinski definition) is 6. The van der Waals surface area contributed by atoms with Gasteiger partial charge in [-0.05, 0) is 40.7 Å². The summed E-state index contributed by atoms with van der Waals surface area (Å²) >= 11 is 0. The van der Waals surface area contributed by atoms with Crippen molar-refractivity contribution in [3.05, 3.63) is 0 Å². The van der Waals surface area contributed by atoms with E-state index in [1.165, 1.54) is 6.42 Å². The van der Waals surface area contributed by atoms with Crippen LogP contribution < -0.4 is 26.6 Å². The second-order valence-electron chi connectivity index (χ2n) is 5.01. The zero-order chi connectivity index (χ0) is 14.9. The second kappa shape index (κ2) is 16.8. The molecule has 0 spiro atoms. The number of nitrogens with one attached hydrogen (secondary N) is 5. The molecule has 0 aromatic carbocycles. The maximum Gasteiger partial charge on any atom is 0.0108 e. The minimum atomic E-state index is 1.05. The van der Waals surface area contributed by atoms with Crippen LogP contribution in [0.4, 0.5) is 0 Å². The van der Waals surface area contributed by atoms with E-state index in [9.17, 15) is 0 Å². The second-order valence-corrected chi connectivity index (χ2v) is 5.01. The molecule has 0 aliphatic rings. The molecule has 6 nitrogen and oxygen atoms in total. The zero-order valence-corrected chi connectivity index (χ0v) is 13.7. The Kier molecular flexibility index (Phi) is 16.6. The van der Waals surface area contributed by atoms with Gasteiger partial charge in [-0.15, -0.1) is 0 Å². The average molecular weight is 288 g/mol. The lowest BCUT2D eigenvalue weighted by Gasteiger charge is -2.22. The zero-order valence-electron chi connectivity index (χ0n) is 13.7. The van der Waals surface area contributed by atoms with Crippen molar-refractivity contribution in [3.63, 3.8) is 0 Å². The predicted octanol–water partition coefficient (Wildman–Crippen LogP) is -1.48. The topological polar surface area (TPSA) is 63.4 Å². The predicted molar refractivity (Wildman–Crippen MR) is 88.6 cm³/mol. The highest BCUT2D eigenvalue weighted by Crippen LogP contribution is 1.85. The van der Waals surface area contributed by atoms with Crippen molar-refractivity contribution in [1.82, 2.24) is 31.5 Å². The van der Waals surface area contributed by atoms with E-state index >= 15 is 0 Å². The molecule has 0 aliphatic heterocycles. The van der Waals surface area contributed by atoms with E-state index in [0.717, 1.165) is 65.4 Å². The molecule has 0 fully saturated rings. The van der Waals surface area contributed by atoms with Crippen LogP contribution in [0.3, 0.4) is 0 Å². The lowest BCUT2D eigenvalue weighted by Crippen LogP contribution is -2.40. The molecule has 0 saturated heterocycles. The van der Waals surface area contributed by atoms with Gasteiger partial charge in [0.25, 0.3) is 0 Å². The summed E-state index contributed by atoms with van der Waals surface area (Å²) in [7, 11) is 6.01. The van der Waals surface area contributed by atoms with Crippen molar-refractivity contribution in [3.8, 4) is 0 Å². The van der Waals surface area contributed by atoms with Crippen LogP contribution in [0.1, 0.15) is 6.42 Å². The smallest absolute Gasteiger partial charge is 0.0108 e. The van der Waals surface area contributed by atoms with Crippen LogP contribution in [0.5, 0.6) is 0 Å². The van der Waals surface area contributed by atoms with Gasteiger partial charge in [0.05, 0.1) is 0 Å². The Morgan fingerprint density at radius 1 is 0.550 bits per heavy atom. The SMILES string of the molecule is CNCCCNCCNCCN(CCNC)CCNC. The van der Waals surface area contributed by atoms with Crippen LogP contribution in [-0.2, 0) is 0 Å². The largest absolute Gasteiger partial charge is 0.320 e. The van der Waals surface area contributed by atoms with E-state index in [-0.39, 0.29) is 0 Å². The molecule has 0 heterocycles. The fraction of sp³-hybridized carbons (Fsp3) is 1.00. The van der Waals surface area contributed by atoms with E-state index in [0.29, 0.717) is 0 Å². The Hall–Kier alpha value is -0.240. The molecule has 0 aromatic heterocycles. The monoisotopic (exact) mass is 288 g/mol. The molecule has 0 aromatic rings. The summed E-state index contributed by atoms with van der Waals surface area (Å²) in [4.78, 5) is 2.49. The van der Waals surface area contributed by atoms with Crippen LogP contribution in [0.25, 0.3) is 0 Å². The van der Waals surface area contributed by atoms with Gasteiger partial charge in [-0.25, -0.2) is 0 Å². The highest BCUT2D eigenvalue weighted by molar-refractivity contribution is 4.63. The molecule has 5 N–H and O–H groups in total. The summed E-state index contributed by atoms with van der Waals surface area (Å²) in [5.41, 5.74) is 0. The first-order valence-corrected chi connectivity index (χ1v) is 7.92. The van der Waals surface area contributed by atoms with Crippen molar-refractivity contribution >= 4 is 0 Å². The Balaban J connectivity index is 3.38. The first kappa shape index (κ1) is 19.8. The van der Waals surface area contributed by atoms with E-state index < -0.39 is 0 Å². The standard InChI is InChI=1S/C14H36N6/c1-15-5-4-6-18-7-8-19-11-14-20(12-9-16-2)13-10-17-3/h15-19H,4-14H2,1-3H3. The van der Waals surface area contributed by atoms with Gasteiger partial charge in [-0.2, -0.15) is 0 Å². The van der Waals surface area contributed by atoms with Crippen LogP contribution in [-0.4, -0.2) is 91.5 Å². The van der Waals surface area contributed by atoms with E-state index in [4.69, 9.17) is 0 Å². The molecule has 6 heteroatoms. The fourth-order valence-corrected chi connectivity index (χ4v) is 1.93. The van der Waals surface area contributed by atoms with Crippen LogP contribution in [0.15, 0.2) is 0 Å². The molecule has 0 bridgehead atoms. The van der Waals surface area contributed by atoms with Gasteiger partial charge < -0.3 is 26.6 Å². The molecular formula is C14H36N6. The number of hydrogen-bond donors (Lipinski definition) is 5. The summed E-state index contributed by atoms with van der Waals surface area (Å²) in [6.45, 7) is 10.8. The first-order chi connectivity index (χ1) is 9.85. The molecule has 0 rings (SSSR count). The van der Waals surface area contributed by atoms with Crippen molar-refractivity contribution in [1.29, 1.82) is 0 Å². The maximum atomic E-state index is 3.50. The third-order valence-electron chi connectivity index (χ3n) is 3.22. The molecule has 0 saturated carbocycles. The number of nitrogens with zero attached hydrogens (tertiary/aromatic N) is 1. The van der Waals surface area contributed by atoms with E-state index in [1.807, 2.05) is 21.1 Å². The Morgan fingerprint density at radius 3 is 1.60 bits per heavy atom. The van der Waals surface area contributed by atoms with Crippen molar-refractivity contribution < 1.29 is 0 Å². The molecular weight excluding hydrogens is 252 g/mol. The van der Waals surface area contributed by atoms with Crippen molar-refractivity contribution in [2.75, 3.05) is 86.6 Å². The van der Waals surface area contributed by atoms with Crippen molar-refractivity contribution in [2.45, 2.75) is 6.42 Å². The summed E-state index contributed by atoms with van der Waals surface area (Å²) in [6, 6.07) is 0. The van der Waals surface area contributed by atoms with Crippen LogP contribution in [0.2, 0.25) is 0 Å². The van der Waals surface area contributed by atoms with Crippen LogP contribution >= 0.6 is 0 Å². The normalized spacial score (nSPS) is 11.4. The fourth-order valence-electron chi connectivity index (χ4n) is 1.93. The molecule has 0 radical (unpaired) electrons. The third-order valence-corrected chi connectivity index (χ3v) is 3.22. The maximum absolute atomic E-state index is 3.50. The highest BCUT2D eigenvalue weighted by Gasteiger charge is 2.02. The van der Waals surface area contributed by atoms with Gasteiger partial charge in [-0.3, -0.25) is 4.90 Å². The summed E-state index contributed by atoms with van der Waals surface area (Å²) in [6.07, 6.45) is 1.19. The lowest BCUT2D eigenvalue weighted by molar-refractivity contribution is 0.276. The Labute approximate surface area is 125 Å². The molecule has 0 amide bonds. The number of rotatable bonds is 16. The van der Waals surface area contributed by atoms with Gasteiger partial charge in [0.1, 0.15) is 0 Å². The third kappa shape index (κ3) is 14.2. The van der Waals surface area contributed by atoms with Gasteiger partial charge >= 0.3 is 0 Å². The molecule has 0 atom stereocenters.